The highest BCUT2D eigenvalue weighted by Gasteiger charge is 2.18. The van der Waals surface area contributed by atoms with Crippen LogP contribution in [0.2, 0.25) is 0 Å². The van der Waals surface area contributed by atoms with E-state index in [9.17, 15) is 4.79 Å². The summed E-state index contributed by atoms with van der Waals surface area (Å²) in [5.41, 5.74) is 1.18. The lowest BCUT2D eigenvalue weighted by Gasteiger charge is -2.06. The molecule has 0 atom stereocenters. The van der Waals surface area contributed by atoms with Crippen LogP contribution >= 0.6 is 15.9 Å². The third kappa shape index (κ3) is 3.54. The molecule has 0 unspecified atom stereocenters. The fourth-order valence-corrected chi connectivity index (χ4v) is 2.14. The molecule has 6 heteroatoms. The van der Waals surface area contributed by atoms with Gasteiger partial charge in [-0.1, -0.05) is 0 Å². The van der Waals surface area contributed by atoms with Crippen molar-refractivity contribution in [1.29, 1.82) is 0 Å². The van der Waals surface area contributed by atoms with Gasteiger partial charge in [0, 0.05) is 20.3 Å². The SMILES string of the molecule is CCOC(=O)c1nc(Br)n(CCCOC)c1C. The van der Waals surface area contributed by atoms with Gasteiger partial charge in [0.15, 0.2) is 10.4 Å². The highest BCUT2D eigenvalue weighted by atomic mass is 79.9. The maximum atomic E-state index is 11.6. The van der Waals surface area contributed by atoms with Gasteiger partial charge in [-0.3, -0.25) is 0 Å². The summed E-state index contributed by atoms with van der Waals surface area (Å²) in [6.07, 6.45) is 0.870. The first-order valence-corrected chi connectivity index (χ1v) is 6.29. The highest BCUT2D eigenvalue weighted by Crippen LogP contribution is 2.17. The van der Waals surface area contributed by atoms with E-state index >= 15 is 0 Å². The summed E-state index contributed by atoms with van der Waals surface area (Å²) in [7, 11) is 1.67. The van der Waals surface area contributed by atoms with Crippen LogP contribution in [0.1, 0.15) is 29.5 Å². The van der Waals surface area contributed by atoms with Gasteiger partial charge in [0.2, 0.25) is 0 Å². The molecule has 0 aliphatic carbocycles. The van der Waals surface area contributed by atoms with Crippen LogP contribution in [0.5, 0.6) is 0 Å². The van der Waals surface area contributed by atoms with Crippen molar-refractivity contribution in [2.75, 3.05) is 20.3 Å². The van der Waals surface area contributed by atoms with Crippen LogP contribution in [0.4, 0.5) is 0 Å². The second kappa shape index (κ2) is 6.76. The quantitative estimate of drug-likeness (QED) is 0.597. The molecule has 0 aromatic carbocycles. The van der Waals surface area contributed by atoms with E-state index in [0.29, 0.717) is 23.6 Å². The van der Waals surface area contributed by atoms with Crippen molar-refractivity contribution >= 4 is 21.9 Å². The molecule has 0 spiro atoms. The second-order valence-corrected chi connectivity index (χ2v) is 4.24. The lowest BCUT2D eigenvalue weighted by Crippen LogP contribution is -2.09. The smallest absolute Gasteiger partial charge is 0.358 e. The molecule has 5 nitrogen and oxygen atoms in total. The van der Waals surface area contributed by atoms with Crippen molar-refractivity contribution in [3.63, 3.8) is 0 Å². The van der Waals surface area contributed by atoms with E-state index in [-0.39, 0.29) is 5.97 Å². The molecule has 0 amide bonds. The van der Waals surface area contributed by atoms with Crippen molar-refractivity contribution in [1.82, 2.24) is 9.55 Å². The van der Waals surface area contributed by atoms with Gasteiger partial charge in [0.05, 0.1) is 12.3 Å². The molecule has 1 rings (SSSR count). The summed E-state index contributed by atoms with van der Waals surface area (Å²) in [4.78, 5) is 15.8. The summed E-state index contributed by atoms with van der Waals surface area (Å²) in [5.74, 6) is -0.379. The largest absolute Gasteiger partial charge is 0.461 e. The van der Waals surface area contributed by atoms with Crippen LogP contribution in [-0.4, -0.2) is 35.8 Å². The molecular formula is C11H17BrN2O3. The van der Waals surface area contributed by atoms with E-state index in [1.54, 1.807) is 14.0 Å². The summed E-state index contributed by atoms with van der Waals surface area (Å²) in [6.45, 7) is 5.42. The minimum Gasteiger partial charge on any atom is -0.461 e. The third-order valence-electron chi connectivity index (χ3n) is 2.37. The Morgan fingerprint density at radius 1 is 1.53 bits per heavy atom. The number of carbonyl (C=O) groups is 1. The van der Waals surface area contributed by atoms with Crippen molar-refractivity contribution in [2.24, 2.45) is 0 Å². The molecule has 1 heterocycles. The van der Waals surface area contributed by atoms with Gasteiger partial charge in [0.25, 0.3) is 0 Å². The van der Waals surface area contributed by atoms with Crippen LogP contribution in [0.15, 0.2) is 4.73 Å². The van der Waals surface area contributed by atoms with Crippen molar-refractivity contribution in [3.8, 4) is 0 Å². The summed E-state index contributed by atoms with van der Waals surface area (Å²) < 4.78 is 12.5. The number of hydrogen-bond acceptors (Lipinski definition) is 4. The van der Waals surface area contributed by atoms with E-state index in [4.69, 9.17) is 9.47 Å². The van der Waals surface area contributed by atoms with Crippen LogP contribution in [0.3, 0.4) is 0 Å². The van der Waals surface area contributed by atoms with Crippen molar-refractivity contribution in [2.45, 2.75) is 26.8 Å². The Labute approximate surface area is 109 Å². The molecule has 1 aromatic rings. The van der Waals surface area contributed by atoms with Gasteiger partial charge in [0.1, 0.15) is 0 Å². The zero-order valence-electron chi connectivity index (χ0n) is 10.3. The van der Waals surface area contributed by atoms with Crippen LogP contribution in [0, 0.1) is 6.92 Å². The molecule has 0 aliphatic heterocycles. The number of aromatic nitrogens is 2. The topological polar surface area (TPSA) is 53.3 Å². The van der Waals surface area contributed by atoms with E-state index < -0.39 is 0 Å². The van der Waals surface area contributed by atoms with Crippen molar-refractivity contribution < 1.29 is 14.3 Å². The normalized spacial score (nSPS) is 10.6. The molecule has 0 saturated carbocycles. The zero-order valence-corrected chi connectivity index (χ0v) is 11.9. The van der Waals surface area contributed by atoms with E-state index in [2.05, 4.69) is 20.9 Å². The molecule has 0 aliphatic rings. The number of hydrogen-bond donors (Lipinski definition) is 0. The molecule has 0 bridgehead atoms. The van der Waals surface area contributed by atoms with Gasteiger partial charge in [-0.05, 0) is 36.2 Å². The summed E-state index contributed by atoms with van der Waals surface area (Å²) >= 11 is 3.34. The van der Waals surface area contributed by atoms with Gasteiger partial charge < -0.3 is 14.0 Å². The Morgan fingerprint density at radius 3 is 2.82 bits per heavy atom. The Kier molecular flexibility index (Phi) is 5.64. The number of rotatable bonds is 6. The van der Waals surface area contributed by atoms with E-state index in [1.807, 2.05) is 11.5 Å². The number of imidazole rings is 1. The lowest BCUT2D eigenvalue weighted by atomic mass is 10.3. The maximum Gasteiger partial charge on any atom is 0.358 e. The number of halogens is 1. The van der Waals surface area contributed by atoms with Crippen LogP contribution < -0.4 is 0 Å². The first kappa shape index (κ1) is 14.2. The van der Waals surface area contributed by atoms with Crippen LogP contribution in [-0.2, 0) is 16.0 Å². The monoisotopic (exact) mass is 304 g/mol. The fraction of sp³-hybridized carbons (Fsp3) is 0.636. The molecular weight excluding hydrogens is 288 g/mol. The third-order valence-corrected chi connectivity index (χ3v) is 2.98. The highest BCUT2D eigenvalue weighted by molar-refractivity contribution is 9.10. The number of methoxy groups -OCH3 is 1. The van der Waals surface area contributed by atoms with Gasteiger partial charge in [-0.2, -0.15) is 0 Å². The van der Waals surface area contributed by atoms with E-state index in [1.165, 1.54) is 0 Å². The summed E-state index contributed by atoms with van der Waals surface area (Å²) in [5, 5.41) is 0. The predicted molar refractivity (Wildman–Crippen MR) is 67.1 cm³/mol. The minimum atomic E-state index is -0.379. The van der Waals surface area contributed by atoms with Gasteiger partial charge >= 0.3 is 5.97 Å². The molecule has 1 aromatic heterocycles. The molecule has 96 valence electrons. The van der Waals surface area contributed by atoms with Crippen molar-refractivity contribution in [3.05, 3.63) is 16.1 Å². The standard InChI is InChI=1S/C11H17BrN2O3/c1-4-17-10(15)9-8(2)14(11(12)13-9)6-5-7-16-3/h4-7H2,1-3H3. The van der Waals surface area contributed by atoms with E-state index in [0.717, 1.165) is 18.7 Å². The Hall–Kier alpha value is -0.880. The molecule has 17 heavy (non-hydrogen) atoms. The lowest BCUT2D eigenvalue weighted by molar-refractivity contribution is 0.0519. The second-order valence-electron chi connectivity index (χ2n) is 3.53. The molecule has 0 radical (unpaired) electrons. The molecule has 0 fully saturated rings. The molecule has 0 saturated heterocycles. The van der Waals surface area contributed by atoms with Gasteiger partial charge in [-0.15, -0.1) is 0 Å². The minimum absolute atomic E-state index is 0.354. The number of carbonyl (C=O) groups excluding carboxylic acids is 1. The summed E-state index contributed by atoms with van der Waals surface area (Å²) in [6, 6.07) is 0. The van der Waals surface area contributed by atoms with Crippen LogP contribution in [0.25, 0.3) is 0 Å². The maximum absolute atomic E-state index is 11.6. The number of nitrogens with zero attached hydrogens (tertiary/aromatic N) is 2. The van der Waals surface area contributed by atoms with Gasteiger partial charge in [-0.25, -0.2) is 9.78 Å². The Morgan fingerprint density at radius 2 is 2.24 bits per heavy atom. The number of ether oxygens (including phenoxy) is 2. The zero-order chi connectivity index (χ0) is 12.8. The molecule has 0 N–H and O–H groups in total. The average molecular weight is 305 g/mol. The number of esters is 1. The average Bonchev–Trinajstić information content (AvgIpc) is 2.57. The Balaban J connectivity index is 2.82. The Bertz CT molecular complexity index is 390. The first-order chi connectivity index (χ1) is 8.11. The fourth-order valence-electron chi connectivity index (χ4n) is 1.52. The first-order valence-electron chi connectivity index (χ1n) is 5.50. The predicted octanol–water partition coefficient (Wildman–Crippen LogP) is 2.17.